The maximum atomic E-state index is 11.4. The fourth-order valence-corrected chi connectivity index (χ4v) is 1.54. The van der Waals surface area contributed by atoms with Gasteiger partial charge in [0.1, 0.15) is 0 Å². The van der Waals surface area contributed by atoms with E-state index in [0.29, 0.717) is 12.6 Å². The van der Waals surface area contributed by atoms with E-state index in [0.717, 1.165) is 13.0 Å². The molecule has 0 radical (unpaired) electrons. The number of unbranched alkanes of at least 4 members (excludes halogenated alkanes) is 3. The Morgan fingerprint density at radius 2 is 1.77 bits per heavy atom. The second kappa shape index (κ2) is 13.5. The molecule has 0 unspecified atom stereocenters. The first-order chi connectivity index (χ1) is 10.1. The van der Waals surface area contributed by atoms with Gasteiger partial charge in [0, 0.05) is 23.4 Å². The number of carbonyl (C=O) groups is 1. The van der Waals surface area contributed by atoms with Crippen LogP contribution < -0.4 is 10.7 Å². The van der Waals surface area contributed by atoms with Gasteiger partial charge in [-0.15, -0.1) is 4.91 Å². The maximum Gasteiger partial charge on any atom is 0.234 e. The Kier molecular flexibility index (Phi) is 14.2. The molecule has 0 atom stereocenters. The first kappa shape index (κ1) is 23.1. The molecule has 132 valence electrons. The Morgan fingerprint density at radius 3 is 2.18 bits per heavy atom. The third-order valence-corrected chi connectivity index (χ3v) is 3.00. The van der Waals surface area contributed by atoms with Gasteiger partial charge in [0.05, 0.1) is 6.54 Å². The molecule has 0 spiro atoms. The van der Waals surface area contributed by atoms with Crippen molar-refractivity contribution in [3.8, 4) is 0 Å². The van der Waals surface area contributed by atoms with Crippen LogP contribution in [0.15, 0.2) is 5.29 Å². The fraction of sp³-hybridized carbons (Fsp3) is 0.938. The second-order valence-electron chi connectivity index (χ2n) is 6.87. The number of rotatable bonds is 9. The van der Waals surface area contributed by atoms with Crippen LogP contribution in [0.2, 0.25) is 0 Å². The van der Waals surface area contributed by atoms with Crippen LogP contribution in [0.3, 0.4) is 0 Å². The lowest BCUT2D eigenvalue weighted by Gasteiger charge is -2.25. The number of likely N-dealkylation sites (N-methyl/N-ethyl adjacent to an activating group) is 1. The number of amides is 1. The highest BCUT2D eigenvalue weighted by molar-refractivity contribution is 5.78. The quantitative estimate of drug-likeness (QED) is 0.389. The summed E-state index contributed by atoms with van der Waals surface area (Å²) in [5.41, 5.74) is 2.25. The van der Waals surface area contributed by atoms with Gasteiger partial charge in [-0.05, 0) is 48.1 Å². The van der Waals surface area contributed by atoms with Gasteiger partial charge in [0.2, 0.25) is 5.91 Å². The van der Waals surface area contributed by atoms with Crippen LogP contribution in [0.4, 0.5) is 0 Å². The molecule has 0 aliphatic heterocycles. The highest BCUT2D eigenvalue weighted by atomic mass is 16.3. The number of carbonyl (C=O) groups excluding carboxylic acids is 1. The molecule has 0 aromatic heterocycles. The predicted molar refractivity (Wildman–Crippen MR) is 93.6 cm³/mol. The third kappa shape index (κ3) is 18.8. The molecule has 0 heterocycles. The van der Waals surface area contributed by atoms with Gasteiger partial charge in [-0.25, -0.2) is 0 Å². The average molecular weight is 316 g/mol. The van der Waals surface area contributed by atoms with Crippen LogP contribution in [-0.2, 0) is 4.79 Å². The van der Waals surface area contributed by atoms with E-state index < -0.39 is 0 Å². The van der Waals surface area contributed by atoms with Gasteiger partial charge in [-0.2, -0.15) is 0 Å². The number of nitrogens with zero attached hydrogens (tertiary/aromatic N) is 2. The molecule has 6 heteroatoms. The van der Waals surface area contributed by atoms with Crippen molar-refractivity contribution in [2.45, 2.75) is 78.8 Å². The lowest BCUT2D eigenvalue weighted by Crippen LogP contribution is -2.46. The standard InChI is InChI=1S/C10H22N2O.C6H14N2O/c1-8(2)12(6)7-9(13)11-10(3,4)5;1-2-3-4-5-6-7-8-9/h8H,7H2,1-6H3,(H,11,13);2-6H2,1H3,(H,7,9). The molecular formula is C16H36N4O2. The molecule has 0 saturated heterocycles. The van der Waals surface area contributed by atoms with Gasteiger partial charge in [-0.1, -0.05) is 26.2 Å². The number of nitroso groups, excluding NO2 is 1. The van der Waals surface area contributed by atoms with Crippen LogP contribution in [-0.4, -0.2) is 42.5 Å². The molecular weight excluding hydrogens is 280 g/mol. The zero-order chi connectivity index (χ0) is 17.6. The van der Waals surface area contributed by atoms with Crippen molar-refractivity contribution in [1.82, 2.24) is 15.6 Å². The summed E-state index contributed by atoms with van der Waals surface area (Å²) in [7, 11) is 1.95. The molecule has 0 saturated carbocycles. The molecule has 0 rings (SSSR count). The lowest BCUT2D eigenvalue weighted by atomic mass is 10.1. The van der Waals surface area contributed by atoms with Gasteiger partial charge in [0.15, 0.2) is 0 Å². The molecule has 0 bridgehead atoms. The Labute approximate surface area is 136 Å². The minimum absolute atomic E-state index is 0.0868. The summed E-state index contributed by atoms with van der Waals surface area (Å²) in [4.78, 5) is 22.9. The summed E-state index contributed by atoms with van der Waals surface area (Å²) < 4.78 is 0. The molecule has 0 fully saturated rings. The van der Waals surface area contributed by atoms with Crippen molar-refractivity contribution < 1.29 is 4.79 Å². The summed E-state index contributed by atoms with van der Waals surface area (Å²) in [6, 6.07) is 0.408. The van der Waals surface area contributed by atoms with Crippen LogP contribution >= 0.6 is 0 Å². The minimum Gasteiger partial charge on any atom is -0.350 e. The molecule has 1 amide bonds. The summed E-state index contributed by atoms with van der Waals surface area (Å²) in [6.07, 6.45) is 4.73. The molecule has 22 heavy (non-hydrogen) atoms. The number of hydrogen-bond donors (Lipinski definition) is 2. The lowest BCUT2D eigenvalue weighted by molar-refractivity contribution is -0.123. The third-order valence-electron chi connectivity index (χ3n) is 3.00. The topological polar surface area (TPSA) is 73.8 Å². The highest BCUT2D eigenvalue weighted by Gasteiger charge is 2.15. The Bertz CT molecular complexity index is 288. The zero-order valence-corrected chi connectivity index (χ0v) is 15.5. The van der Waals surface area contributed by atoms with Crippen LogP contribution in [0.1, 0.15) is 67.2 Å². The van der Waals surface area contributed by atoms with E-state index in [4.69, 9.17) is 0 Å². The molecule has 0 aromatic rings. The van der Waals surface area contributed by atoms with Crippen molar-refractivity contribution in [2.75, 3.05) is 20.1 Å². The minimum atomic E-state index is -0.130. The Balaban J connectivity index is 0. The number of nitrogens with one attached hydrogen (secondary N) is 2. The highest BCUT2D eigenvalue weighted by Crippen LogP contribution is 1.99. The van der Waals surface area contributed by atoms with Gasteiger partial charge >= 0.3 is 0 Å². The fourth-order valence-electron chi connectivity index (χ4n) is 1.54. The first-order valence-electron chi connectivity index (χ1n) is 8.20. The van der Waals surface area contributed by atoms with Crippen molar-refractivity contribution >= 4 is 5.91 Å². The summed E-state index contributed by atoms with van der Waals surface area (Å²) >= 11 is 0. The zero-order valence-electron chi connectivity index (χ0n) is 15.5. The van der Waals surface area contributed by atoms with E-state index in [1.54, 1.807) is 0 Å². The largest absolute Gasteiger partial charge is 0.350 e. The molecule has 6 nitrogen and oxygen atoms in total. The average Bonchev–Trinajstić information content (AvgIpc) is 2.37. The molecule has 0 aromatic carbocycles. The van der Waals surface area contributed by atoms with Crippen molar-refractivity contribution in [3.63, 3.8) is 0 Å². The monoisotopic (exact) mass is 316 g/mol. The van der Waals surface area contributed by atoms with Gasteiger partial charge in [0.25, 0.3) is 0 Å². The summed E-state index contributed by atoms with van der Waals surface area (Å²) in [6.45, 7) is 13.5. The van der Waals surface area contributed by atoms with Crippen LogP contribution in [0.5, 0.6) is 0 Å². The van der Waals surface area contributed by atoms with E-state index in [2.05, 4.69) is 36.8 Å². The molecule has 0 aliphatic carbocycles. The molecule has 2 N–H and O–H groups in total. The van der Waals surface area contributed by atoms with E-state index in [1.807, 2.05) is 32.7 Å². The van der Waals surface area contributed by atoms with E-state index in [1.165, 1.54) is 19.3 Å². The van der Waals surface area contributed by atoms with Gasteiger partial charge < -0.3 is 5.32 Å². The van der Waals surface area contributed by atoms with E-state index in [9.17, 15) is 9.70 Å². The SMILES string of the molecule is CC(C)N(C)CC(=O)NC(C)(C)C.CCCCCCNN=O. The Morgan fingerprint density at radius 1 is 1.18 bits per heavy atom. The van der Waals surface area contributed by atoms with E-state index >= 15 is 0 Å². The normalized spacial score (nSPS) is 11.0. The first-order valence-corrected chi connectivity index (χ1v) is 8.20. The van der Waals surface area contributed by atoms with Gasteiger partial charge in [-0.3, -0.25) is 15.1 Å². The molecule has 0 aliphatic rings. The summed E-state index contributed by atoms with van der Waals surface area (Å²) in [5.74, 6) is 0.0868. The maximum absolute atomic E-state index is 11.4. The Hall–Kier alpha value is -1.17. The smallest absolute Gasteiger partial charge is 0.234 e. The van der Waals surface area contributed by atoms with Crippen LogP contribution in [0, 0.1) is 4.91 Å². The second-order valence-corrected chi connectivity index (χ2v) is 6.87. The van der Waals surface area contributed by atoms with Crippen molar-refractivity contribution in [1.29, 1.82) is 0 Å². The van der Waals surface area contributed by atoms with E-state index in [-0.39, 0.29) is 11.4 Å². The predicted octanol–water partition coefficient (Wildman–Crippen LogP) is 3.08. The number of hydrogen-bond acceptors (Lipinski definition) is 4. The summed E-state index contributed by atoms with van der Waals surface area (Å²) in [5, 5.41) is 5.46. The van der Waals surface area contributed by atoms with Crippen molar-refractivity contribution in [3.05, 3.63) is 4.91 Å². The van der Waals surface area contributed by atoms with Crippen molar-refractivity contribution in [2.24, 2.45) is 5.29 Å². The van der Waals surface area contributed by atoms with Crippen LogP contribution in [0.25, 0.3) is 0 Å².